The summed E-state index contributed by atoms with van der Waals surface area (Å²) < 4.78 is 1.97. The molecule has 10 nitrogen and oxygen atoms in total. The first-order valence-electron chi connectivity index (χ1n) is 12.9. The molecule has 5 rings (SSSR count). The molecule has 2 aliphatic rings. The van der Waals surface area contributed by atoms with Crippen LogP contribution in [0.15, 0.2) is 48.8 Å². The van der Waals surface area contributed by atoms with Gasteiger partial charge in [-0.1, -0.05) is 6.07 Å². The van der Waals surface area contributed by atoms with Crippen LogP contribution >= 0.6 is 0 Å². The summed E-state index contributed by atoms with van der Waals surface area (Å²) in [5.41, 5.74) is 2.67. The van der Waals surface area contributed by atoms with E-state index in [1.807, 2.05) is 49.0 Å². The normalized spacial score (nSPS) is 16.7. The van der Waals surface area contributed by atoms with E-state index in [-0.39, 0.29) is 23.9 Å². The number of benzene rings is 1. The zero-order valence-corrected chi connectivity index (χ0v) is 21.9. The lowest BCUT2D eigenvalue weighted by Gasteiger charge is -2.34. The second-order valence-electron chi connectivity index (χ2n) is 10.1. The van der Waals surface area contributed by atoms with Gasteiger partial charge in [-0.25, -0.2) is 9.78 Å². The number of aromatic nitrogens is 4. The van der Waals surface area contributed by atoms with Crippen molar-refractivity contribution in [2.75, 3.05) is 55.0 Å². The van der Waals surface area contributed by atoms with E-state index in [0.717, 1.165) is 37.3 Å². The predicted octanol–water partition coefficient (Wildman–Crippen LogP) is 3.67. The molecule has 0 radical (unpaired) electrons. The van der Waals surface area contributed by atoms with Crippen LogP contribution in [0.4, 0.5) is 22.0 Å². The van der Waals surface area contributed by atoms with E-state index in [4.69, 9.17) is 4.98 Å². The Morgan fingerprint density at radius 2 is 1.62 bits per heavy atom. The average Bonchev–Trinajstić information content (AvgIpc) is 3.56. The predicted molar refractivity (Wildman–Crippen MR) is 144 cm³/mol. The average molecular weight is 503 g/mol. The van der Waals surface area contributed by atoms with Crippen molar-refractivity contribution >= 4 is 29.1 Å². The van der Waals surface area contributed by atoms with Crippen LogP contribution in [0.1, 0.15) is 32.7 Å². The van der Waals surface area contributed by atoms with Crippen molar-refractivity contribution in [2.24, 2.45) is 5.92 Å². The lowest BCUT2D eigenvalue weighted by molar-refractivity contribution is -0.133. The van der Waals surface area contributed by atoms with E-state index >= 15 is 0 Å². The fourth-order valence-electron chi connectivity index (χ4n) is 5.08. The number of hydrogen-bond donors (Lipinski definition) is 0. The topological polar surface area (TPSA) is 90.7 Å². The molecule has 37 heavy (non-hydrogen) atoms. The highest BCUT2D eigenvalue weighted by Gasteiger charge is 2.32. The number of urea groups is 1. The van der Waals surface area contributed by atoms with Gasteiger partial charge in [-0.3, -0.25) is 14.6 Å². The molecule has 0 spiro atoms. The van der Waals surface area contributed by atoms with E-state index in [9.17, 15) is 9.59 Å². The SMILES string of the molecule is CC(C)n1cnnc1-c1cccc(N2CCN(c3ccc(N4CCC(C(=O)N(C)C)CC4)cc3)C2=O)n1. The largest absolute Gasteiger partial charge is 0.371 e. The Labute approximate surface area is 217 Å². The van der Waals surface area contributed by atoms with Gasteiger partial charge in [0.1, 0.15) is 17.8 Å². The maximum Gasteiger partial charge on any atom is 0.330 e. The van der Waals surface area contributed by atoms with Crippen molar-refractivity contribution in [2.45, 2.75) is 32.7 Å². The number of pyridine rings is 1. The second kappa shape index (κ2) is 10.2. The molecular weight excluding hydrogens is 468 g/mol. The van der Waals surface area contributed by atoms with Gasteiger partial charge in [0.15, 0.2) is 5.82 Å². The smallest absolute Gasteiger partial charge is 0.330 e. The highest BCUT2D eigenvalue weighted by atomic mass is 16.2. The molecule has 3 aromatic rings. The van der Waals surface area contributed by atoms with Gasteiger partial charge in [0.25, 0.3) is 0 Å². The highest BCUT2D eigenvalue weighted by molar-refractivity contribution is 6.05. The van der Waals surface area contributed by atoms with Gasteiger partial charge < -0.3 is 14.4 Å². The summed E-state index contributed by atoms with van der Waals surface area (Å²) in [5.74, 6) is 1.61. The molecule has 2 saturated heterocycles. The third-order valence-electron chi connectivity index (χ3n) is 7.19. The van der Waals surface area contributed by atoms with Gasteiger partial charge >= 0.3 is 6.03 Å². The standard InChI is InChI=1S/C27H34N8O2/c1-19(2)35-18-28-30-25(35)23-6-5-7-24(29-23)34-17-16-33(27(34)37)22-10-8-21(9-11-22)32-14-12-20(13-15-32)26(36)31(3)4/h5-11,18-20H,12-17H2,1-4H3. The zero-order valence-electron chi connectivity index (χ0n) is 21.9. The Bertz CT molecular complexity index is 1260. The summed E-state index contributed by atoms with van der Waals surface area (Å²) in [6, 6.07) is 13.9. The quantitative estimate of drug-likeness (QED) is 0.511. The molecule has 194 valence electrons. The molecule has 2 fully saturated rings. The van der Waals surface area contributed by atoms with Gasteiger partial charge in [-0.05, 0) is 63.1 Å². The van der Waals surface area contributed by atoms with Crippen LogP contribution in [0.25, 0.3) is 11.5 Å². The van der Waals surface area contributed by atoms with Crippen LogP contribution in [0, 0.1) is 5.92 Å². The van der Waals surface area contributed by atoms with Crippen molar-refractivity contribution in [1.29, 1.82) is 0 Å². The fraction of sp³-hybridized carbons (Fsp3) is 0.444. The van der Waals surface area contributed by atoms with Crippen LogP contribution in [0.2, 0.25) is 0 Å². The maximum absolute atomic E-state index is 13.4. The van der Waals surface area contributed by atoms with Crippen LogP contribution < -0.4 is 14.7 Å². The number of carbonyl (C=O) groups excluding carboxylic acids is 2. The Morgan fingerprint density at radius 3 is 2.30 bits per heavy atom. The van der Waals surface area contributed by atoms with Crippen LogP contribution in [-0.4, -0.2) is 76.9 Å². The van der Waals surface area contributed by atoms with Crippen molar-refractivity contribution < 1.29 is 9.59 Å². The van der Waals surface area contributed by atoms with Crippen LogP contribution in [0.5, 0.6) is 0 Å². The first-order chi connectivity index (χ1) is 17.8. The Balaban J connectivity index is 1.26. The molecule has 3 amide bonds. The Kier molecular flexibility index (Phi) is 6.82. The maximum atomic E-state index is 13.4. The van der Waals surface area contributed by atoms with Crippen molar-refractivity contribution in [1.82, 2.24) is 24.6 Å². The van der Waals surface area contributed by atoms with Crippen molar-refractivity contribution in [3.05, 3.63) is 48.8 Å². The van der Waals surface area contributed by atoms with Crippen molar-refractivity contribution in [3.63, 3.8) is 0 Å². The molecular formula is C27H34N8O2. The fourth-order valence-corrected chi connectivity index (χ4v) is 5.08. The molecule has 2 aliphatic heterocycles. The number of carbonyl (C=O) groups is 2. The summed E-state index contributed by atoms with van der Waals surface area (Å²) in [6.45, 7) is 6.99. The lowest BCUT2D eigenvalue weighted by Crippen LogP contribution is -2.40. The minimum atomic E-state index is -0.0919. The molecule has 0 saturated carbocycles. The van der Waals surface area contributed by atoms with Crippen LogP contribution in [0.3, 0.4) is 0 Å². The molecule has 2 aromatic heterocycles. The lowest BCUT2D eigenvalue weighted by atomic mass is 9.95. The van der Waals surface area contributed by atoms with Gasteiger partial charge in [0, 0.05) is 63.6 Å². The number of rotatable bonds is 6. The molecule has 0 bridgehead atoms. The number of nitrogens with zero attached hydrogens (tertiary/aromatic N) is 8. The van der Waals surface area contributed by atoms with Gasteiger partial charge in [-0.15, -0.1) is 10.2 Å². The van der Waals surface area contributed by atoms with E-state index < -0.39 is 0 Å². The zero-order chi connectivity index (χ0) is 26.1. The summed E-state index contributed by atoms with van der Waals surface area (Å²) in [5, 5.41) is 8.27. The third-order valence-corrected chi connectivity index (χ3v) is 7.19. The summed E-state index contributed by atoms with van der Waals surface area (Å²) in [4.78, 5) is 37.9. The number of anilines is 3. The monoisotopic (exact) mass is 502 g/mol. The van der Waals surface area contributed by atoms with Crippen LogP contribution in [-0.2, 0) is 4.79 Å². The van der Waals surface area contributed by atoms with E-state index in [2.05, 4.69) is 41.1 Å². The summed E-state index contributed by atoms with van der Waals surface area (Å²) in [7, 11) is 3.64. The molecule has 0 atom stereocenters. The van der Waals surface area contributed by atoms with E-state index in [1.165, 1.54) is 0 Å². The highest BCUT2D eigenvalue weighted by Crippen LogP contribution is 2.29. The molecule has 0 aliphatic carbocycles. The first-order valence-corrected chi connectivity index (χ1v) is 12.9. The van der Waals surface area contributed by atoms with Gasteiger partial charge in [0.05, 0.1) is 0 Å². The second-order valence-corrected chi connectivity index (χ2v) is 10.1. The number of amides is 3. The van der Waals surface area contributed by atoms with E-state index in [1.54, 1.807) is 21.0 Å². The molecule has 10 heteroatoms. The van der Waals surface area contributed by atoms with Crippen molar-refractivity contribution in [3.8, 4) is 11.5 Å². The Hall–Kier alpha value is -3.95. The molecule has 1 aromatic carbocycles. The minimum Gasteiger partial charge on any atom is -0.371 e. The van der Waals surface area contributed by atoms with E-state index in [0.29, 0.717) is 30.4 Å². The number of hydrogen-bond acceptors (Lipinski definition) is 6. The summed E-state index contributed by atoms with van der Waals surface area (Å²) in [6.07, 6.45) is 3.42. The first kappa shape index (κ1) is 24.7. The summed E-state index contributed by atoms with van der Waals surface area (Å²) >= 11 is 0. The van der Waals surface area contributed by atoms with Gasteiger partial charge in [-0.2, -0.15) is 0 Å². The third kappa shape index (κ3) is 4.87. The number of piperidine rings is 1. The Morgan fingerprint density at radius 1 is 0.946 bits per heavy atom. The van der Waals surface area contributed by atoms with Gasteiger partial charge in [0.2, 0.25) is 5.91 Å². The molecule has 4 heterocycles. The molecule has 0 N–H and O–H groups in total. The minimum absolute atomic E-state index is 0.0919. The molecule has 0 unspecified atom stereocenters.